The van der Waals surface area contributed by atoms with E-state index in [1.54, 1.807) is 0 Å². The van der Waals surface area contributed by atoms with E-state index < -0.39 is 0 Å². The van der Waals surface area contributed by atoms with Gasteiger partial charge in [0.15, 0.2) is 0 Å². The van der Waals surface area contributed by atoms with Crippen LogP contribution in [0.4, 0.5) is 0 Å². The van der Waals surface area contributed by atoms with E-state index in [9.17, 15) is 4.79 Å². The van der Waals surface area contributed by atoms with Crippen LogP contribution in [-0.2, 0) is 6.54 Å². The normalized spacial score (nSPS) is 14.7. The third-order valence-electron chi connectivity index (χ3n) is 7.05. The van der Waals surface area contributed by atoms with Crippen LogP contribution in [0.2, 0.25) is 0 Å². The minimum Gasteiger partial charge on any atom is -0.328 e. The van der Waals surface area contributed by atoms with Gasteiger partial charge in [-0.1, -0.05) is 99.6 Å². The number of imidazole rings is 1. The molecular formula is C32H36N4O. The molecule has 1 aliphatic rings. The zero-order valence-electron chi connectivity index (χ0n) is 22.0. The lowest BCUT2D eigenvalue weighted by Crippen LogP contribution is -2.52. The topological polar surface area (TPSA) is 50.2 Å². The van der Waals surface area contributed by atoms with Crippen LogP contribution in [0, 0.1) is 11.3 Å². The Hall–Kier alpha value is -3.70. The van der Waals surface area contributed by atoms with E-state index in [2.05, 4.69) is 78.2 Å². The second-order valence-corrected chi connectivity index (χ2v) is 11.1. The molecule has 1 aromatic heterocycles. The predicted molar refractivity (Wildman–Crippen MR) is 149 cm³/mol. The Morgan fingerprint density at radius 1 is 0.946 bits per heavy atom. The Bertz CT molecular complexity index is 1310. The third-order valence-corrected chi connectivity index (χ3v) is 7.05. The molecule has 1 N–H and O–H groups in total. The van der Waals surface area contributed by atoms with Crippen molar-refractivity contribution in [3.8, 4) is 11.3 Å². The number of benzene rings is 3. The first kappa shape index (κ1) is 25.0. The summed E-state index contributed by atoms with van der Waals surface area (Å²) in [5.41, 5.74) is 3.69. The molecule has 37 heavy (non-hydrogen) atoms. The number of rotatable bonds is 8. The van der Waals surface area contributed by atoms with Gasteiger partial charge in [0.25, 0.3) is 5.91 Å². The van der Waals surface area contributed by atoms with Gasteiger partial charge in [0, 0.05) is 49.4 Å². The molecule has 3 aromatic carbocycles. The highest BCUT2D eigenvalue weighted by Crippen LogP contribution is 2.40. The Kier molecular flexibility index (Phi) is 7.24. The summed E-state index contributed by atoms with van der Waals surface area (Å²) in [6.07, 6.45) is 2.15. The molecule has 5 heteroatoms. The van der Waals surface area contributed by atoms with Crippen LogP contribution in [0.5, 0.6) is 0 Å². The van der Waals surface area contributed by atoms with E-state index >= 15 is 0 Å². The van der Waals surface area contributed by atoms with Crippen molar-refractivity contribution < 1.29 is 4.79 Å². The van der Waals surface area contributed by atoms with Crippen LogP contribution in [0.25, 0.3) is 11.3 Å². The Morgan fingerprint density at radius 3 is 2.11 bits per heavy atom. The lowest BCUT2D eigenvalue weighted by molar-refractivity contribution is 0.0393. The lowest BCUT2D eigenvalue weighted by atomic mass is 9.83. The molecule has 0 spiro atoms. The highest BCUT2D eigenvalue weighted by Gasteiger charge is 2.40. The van der Waals surface area contributed by atoms with Gasteiger partial charge in [-0.25, -0.2) is 4.98 Å². The van der Waals surface area contributed by atoms with E-state index in [1.807, 2.05) is 54.6 Å². The fourth-order valence-electron chi connectivity index (χ4n) is 5.11. The smallest absolute Gasteiger partial charge is 0.254 e. The molecule has 1 aliphatic heterocycles. The van der Waals surface area contributed by atoms with Crippen molar-refractivity contribution in [2.24, 2.45) is 11.3 Å². The molecule has 0 unspecified atom stereocenters. The zero-order valence-corrected chi connectivity index (χ0v) is 22.0. The van der Waals surface area contributed by atoms with Crippen molar-refractivity contribution in [3.05, 3.63) is 114 Å². The summed E-state index contributed by atoms with van der Waals surface area (Å²) >= 11 is 0. The highest BCUT2D eigenvalue weighted by atomic mass is 16.2. The van der Waals surface area contributed by atoms with Gasteiger partial charge in [-0.3, -0.25) is 4.79 Å². The summed E-state index contributed by atoms with van der Waals surface area (Å²) in [6, 6.07) is 30.2. The van der Waals surface area contributed by atoms with E-state index in [0.29, 0.717) is 24.6 Å². The minimum atomic E-state index is -0.241. The molecule has 4 aromatic rings. The molecule has 0 aliphatic carbocycles. The predicted octanol–water partition coefficient (Wildman–Crippen LogP) is 6.05. The average Bonchev–Trinajstić information content (AvgIpc) is 3.28. The molecular weight excluding hydrogens is 456 g/mol. The SMILES string of the molecule is CC(C)(C)[C@H](c1nc(-c2ccccc2)cn1Cc1ccccc1)N(CC1CNC1)C(=O)c1ccccc1. The maximum atomic E-state index is 14.1. The Labute approximate surface area is 220 Å². The second-order valence-electron chi connectivity index (χ2n) is 11.1. The molecule has 2 heterocycles. The van der Waals surface area contributed by atoms with Crippen LogP contribution in [-0.4, -0.2) is 40.0 Å². The summed E-state index contributed by atoms with van der Waals surface area (Å²) in [7, 11) is 0. The van der Waals surface area contributed by atoms with Gasteiger partial charge >= 0.3 is 0 Å². The highest BCUT2D eigenvalue weighted by molar-refractivity contribution is 5.94. The molecule has 1 fully saturated rings. The number of aromatic nitrogens is 2. The van der Waals surface area contributed by atoms with Crippen molar-refractivity contribution in [2.45, 2.75) is 33.4 Å². The summed E-state index contributed by atoms with van der Waals surface area (Å²) in [5.74, 6) is 1.42. The summed E-state index contributed by atoms with van der Waals surface area (Å²) in [5, 5.41) is 3.37. The van der Waals surface area contributed by atoms with Crippen LogP contribution in [0.15, 0.2) is 97.2 Å². The first-order valence-electron chi connectivity index (χ1n) is 13.1. The zero-order chi connectivity index (χ0) is 25.8. The van der Waals surface area contributed by atoms with Crippen molar-refractivity contribution in [1.82, 2.24) is 19.8 Å². The van der Waals surface area contributed by atoms with Crippen molar-refractivity contribution in [3.63, 3.8) is 0 Å². The van der Waals surface area contributed by atoms with Crippen molar-refractivity contribution >= 4 is 5.91 Å². The van der Waals surface area contributed by atoms with Crippen LogP contribution in [0.3, 0.4) is 0 Å². The molecule has 0 saturated carbocycles. The largest absolute Gasteiger partial charge is 0.328 e. The van der Waals surface area contributed by atoms with Crippen LogP contribution < -0.4 is 5.32 Å². The van der Waals surface area contributed by atoms with Gasteiger partial charge in [-0.05, 0) is 23.1 Å². The summed E-state index contributed by atoms with van der Waals surface area (Å²) < 4.78 is 2.25. The second kappa shape index (κ2) is 10.7. The fourth-order valence-corrected chi connectivity index (χ4v) is 5.11. The molecule has 0 radical (unpaired) electrons. The number of nitrogens with zero attached hydrogens (tertiary/aromatic N) is 3. The van der Waals surface area contributed by atoms with Crippen molar-refractivity contribution in [2.75, 3.05) is 19.6 Å². The molecule has 190 valence electrons. The minimum absolute atomic E-state index is 0.0583. The number of amides is 1. The first-order valence-corrected chi connectivity index (χ1v) is 13.1. The van der Waals surface area contributed by atoms with Gasteiger partial charge in [0.05, 0.1) is 11.7 Å². The lowest BCUT2D eigenvalue weighted by Gasteiger charge is -2.43. The van der Waals surface area contributed by atoms with Gasteiger partial charge < -0.3 is 14.8 Å². The van der Waals surface area contributed by atoms with E-state index in [0.717, 1.165) is 30.2 Å². The van der Waals surface area contributed by atoms with Crippen LogP contribution >= 0.6 is 0 Å². The molecule has 1 amide bonds. The molecule has 5 rings (SSSR count). The molecule has 1 saturated heterocycles. The van der Waals surface area contributed by atoms with Gasteiger partial charge in [0.1, 0.15) is 5.82 Å². The number of nitrogens with one attached hydrogen (secondary N) is 1. The van der Waals surface area contributed by atoms with Gasteiger partial charge in [0.2, 0.25) is 0 Å². The van der Waals surface area contributed by atoms with Crippen molar-refractivity contribution in [1.29, 1.82) is 0 Å². The van der Waals surface area contributed by atoms with E-state index in [-0.39, 0.29) is 17.4 Å². The molecule has 0 bridgehead atoms. The Balaban J connectivity index is 1.63. The Morgan fingerprint density at radius 2 is 1.54 bits per heavy atom. The summed E-state index contributed by atoms with van der Waals surface area (Å²) in [4.78, 5) is 21.4. The standard InChI is InChI=1S/C32H36N4O/c1-32(2,3)29(36(22-25-19-33-20-25)31(37)27-17-11-6-12-18-27)30-34-28(26-15-9-5-10-16-26)23-35(30)21-24-13-7-4-8-14-24/h4-18,23,25,29,33H,19-22H2,1-3H3/t29-/m0/s1. The quantitative estimate of drug-likeness (QED) is 0.326. The maximum absolute atomic E-state index is 14.1. The molecule has 1 atom stereocenters. The number of carbonyl (C=O) groups is 1. The fraction of sp³-hybridized carbons (Fsp3) is 0.312. The van der Waals surface area contributed by atoms with Crippen LogP contribution in [0.1, 0.15) is 48.6 Å². The third kappa shape index (κ3) is 5.67. The van der Waals surface area contributed by atoms with Gasteiger partial charge in [-0.15, -0.1) is 0 Å². The molecule has 5 nitrogen and oxygen atoms in total. The van der Waals surface area contributed by atoms with E-state index in [4.69, 9.17) is 4.98 Å². The first-order chi connectivity index (χ1) is 17.9. The van der Waals surface area contributed by atoms with E-state index in [1.165, 1.54) is 5.56 Å². The summed E-state index contributed by atoms with van der Waals surface area (Å²) in [6.45, 7) is 9.90. The average molecular weight is 493 g/mol. The maximum Gasteiger partial charge on any atom is 0.254 e. The monoisotopic (exact) mass is 492 g/mol. The van der Waals surface area contributed by atoms with Gasteiger partial charge in [-0.2, -0.15) is 0 Å². The number of hydrogen-bond donors (Lipinski definition) is 1. The number of hydrogen-bond acceptors (Lipinski definition) is 3. The number of carbonyl (C=O) groups excluding carboxylic acids is 1.